The van der Waals surface area contributed by atoms with Gasteiger partial charge in [-0.1, -0.05) is 13.0 Å². The third-order valence-corrected chi connectivity index (χ3v) is 6.22. The lowest BCUT2D eigenvalue weighted by Gasteiger charge is -2.22. The second-order valence-corrected chi connectivity index (χ2v) is 8.45. The Morgan fingerprint density at radius 2 is 2.04 bits per heavy atom. The second-order valence-electron chi connectivity index (χ2n) is 6.74. The summed E-state index contributed by atoms with van der Waals surface area (Å²) in [6.07, 6.45) is 4.28. The number of carbonyl (C=O) groups is 1. The molecule has 3 N–H and O–H groups in total. The normalized spacial score (nSPS) is 17.2. The molecule has 0 aromatic heterocycles. The highest BCUT2D eigenvalue weighted by atomic mass is 32.2. The van der Waals surface area contributed by atoms with Gasteiger partial charge in [0.25, 0.3) is 0 Å². The predicted octanol–water partition coefficient (Wildman–Crippen LogP) is 2.48. The second kappa shape index (κ2) is 9.31. The van der Waals surface area contributed by atoms with E-state index in [0.29, 0.717) is 24.4 Å². The minimum Gasteiger partial charge on any atom is -0.326 e. The highest BCUT2D eigenvalue weighted by molar-refractivity contribution is 7.89. The van der Waals surface area contributed by atoms with Gasteiger partial charge in [-0.15, -0.1) is 0 Å². The van der Waals surface area contributed by atoms with Gasteiger partial charge in [0.2, 0.25) is 15.9 Å². The van der Waals surface area contributed by atoms with Crippen LogP contribution >= 0.6 is 0 Å². The average Bonchev–Trinajstić information content (AvgIpc) is 2.60. The topological polar surface area (TPSA) is 87.3 Å². The molecule has 1 aromatic carbocycles. The number of hydrogen-bond acceptors (Lipinski definition) is 4. The third-order valence-electron chi connectivity index (χ3n) is 4.64. The molecule has 1 saturated heterocycles. The van der Waals surface area contributed by atoms with Crippen molar-refractivity contribution in [3.8, 4) is 0 Å². The van der Waals surface area contributed by atoms with Gasteiger partial charge in [0, 0.05) is 18.2 Å². The maximum Gasteiger partial charge on any atom is 0.240 e. The Morgan fingerprint density at radius 3 is 2.72 bits per heavy atom. The standard InChI is InChI=1S/C18H29N3O3S/c1-3-14(2)21-25(23,24)17-6-4-5-16(13-17)20-18(22)8-7-15-9-11-19-12-10-15/h4-6,13-15,19,21H,3,7-12H2,1-2H3,(H,20,22). The van der Waals surface area contributed by atoms with Gasteiger partial charge >= 0.3 is 0 Å². The maximum atomic E-state index is 12.3. The van der Waals surface area contributed by atoms with Crippen LogP contribution in [0, 0.1) is 5.92 Å². The van der Waals surface area contributed by atoms with Crippen LogP contribution in [-0.2, 0) is 14.8 Å². The highest BCUT2D eigenvalue weighted by Crippen LogP contribution is 2.19. The molecule has 0 bridgehead atoms. The fourth-order valence-electron chi connectivity index (χ4n) is 2.89. The van der Waals surface area contributed by atoms with E-state index in [4.69, 9.17) is 0 Å². The monoisotopic (exact) mass is 367 g/mol. The Bertz CT molecular complexity index is 670. The largest absolute Gasteiger partial charge is 0.326 e. The van der Waals surface area contributed by atoms with Crippen molar-refractivity contribution in [3.05, 3.63) is 24.3 Å². The highest BCUT2D eigenvalue weighted by Gasteiger charge is 2.18. The van der Waals surface area contributed by atoms with Crippen molar-refractivity contribution < 1.29 is 13.2 Å². The van der Waals surface area contributed by atoms with Gasteiger partial charge < -0.3 is 10.6 Å². The minimum atomic E-state index is -3.57. The number of sulfonamides is 1. The molecule has 1 aliphatic rings. The van der Waals surface area contributed by atoms with Gasteiger partial charge in [-0.05, 0) is 69.8 Å². The van der Waals surface area contributed by atoms with Gasteiger partial charge in [0.15, 0.2) is 0 Å². The smallest absolute Gasteiger partial charge is 0.240 e. The van der Waals surface area contributed by atoms with Gasteiger partial charge in [0.1, 0.15) is 0 Å². The number of amides is 1. The predicted molar refractivity (Wildman–Crippen MR) is 100.0 cm³/mol. The van der Waals surface area contributed by atoms with Crippen LogP contribution in [0.15, 0.2) is 29.2 Å². The Kier molecular flexibility index (Phi) is 7.40. The van der Waals surface area contributed by atoms with E-state index in [0.717, 1.165) is 32.4 Å². The van der Waals surface area contributed by atoms with Crippen molar-refractivity contribution >= 4 is 21.6 Å². The van der Waals surface area contributed by atoms with Crippen LogP contribution in [-0.4, -0.2) is 33.5 Å². The van der Waals surface area contributed by atoms with E-state index in [1.807, 2.05) is 13.8 Å². The zero-order valence-electron chi connectivity index (χ0n) is 15.0. The number of anilines is 1. The van der Waals surface area contributed by atoms with Crippen LogP contribution in [0.25, 0.3) is 0 Å². The first-order chi connectivity index (χ1) is 11.9. The fourth-order valence-corrected chi connectivity index (χ4v) is 4.26. The summed E-state index contributed by atoms with van der Waals surface area (Å²) in [5, 5.41) is 6.13. The van der Waals surface area contributed by atoms with Crippen molar-refractivity contribution in [3.63, 3.8) is 0 Å². The lowest BCUT2D eigenvalue weighted by Crippen LogP contribution is -2.32. The van der Waals surface area contributed by atoms with E-state index < -0.39 is 10.0 Å². The Hall–Kier alpha value is -1.44. The van der Waals surface area contributed by atoms with Gasteiger partial charge in [-0.25, -0.2) is 13.1 Å². The average molecular weight is 368 g/mol. The van der Waals surface area contributed by atoms with E-state index >= 15 is 0 Å². The molecule has 1 heterocycles. The zero-order valence-corrected chi connectivity index (χ0v) is 15.9. The van der Waals surface area contributed by atoms with Crippen molar-refractivity contribution in [1.82, 2.24) is 10.0 Å². The summed E-state index contributed by atoms with van der Waals surface area (Å²) in [6, 6.07) is 6.27. The summed E-state index contributed by atoms with van der Waals surface area (Å²) >= 11 is 0. The molecular weight excluding hydrogens is 338 g/mol. The maximum absolute atomic E-state index is 12.3. The fraction of sp³-hybridized carbons (Fsp3) is 0.611. The van der Waals surface area contributed by atoms with E-state index in [-0.39, 0.29) is 16.8 Å². The van der Waals surface area contributed by atoms with Crippen LogP contribution in [0.4, 0.5) is 5.69 Å². The molecule has 140 valence electrons. The lowest BCUT2D eigenvalue weighted by molar-refractivity contribution is -0.116. The van der Waals surface area contributed by atoms with Gasteiger partial charge in [0.05, 0.1) is 4.90 Å². The number of nitrogens with one attached hydrogen (secondary N) is 3. The molecule has 0 aliphatic carbocycles. The molecule has 2 rings (SSSR count). The number of benzene rings is 1. The quantitative estimate of drug-likeness (QED) is 0.659. The molecule has 1 fully saturated rings. The zero-order chi connectivity index (χ0) is 18.3. The summed E-state index contributed by atoms with van der Waals surface area (Å²) in [5.41, 5.74) is 0.516. The lowest BCUT2D eigenvalue weighted by atomic mass is 9.93. The van der Waals surface area contributed by atoms with E-state index in [9.17, 15) is 13.2 Å². The first-order valence-corrected chi connectivity index (χ1v) is 10.5. The molecule has 1 aliphatic heterocycles. The van der Waals surface area contributed by atoms with Crippen LogP contribution in [0.2, 0.25) is 0 Å². The van der Waals surface area contributed by atoms with E-state index in [2.05, 4.69) is 15.4 Å². The first kappa shape index (κ1) is 19.9. The Labute approximate surface area is 150 Å². The SMILES string of the molecule is CCC(C)NS(=O)(=O)c1cccc(NC(=O)CCC2CCNCC2)c1. The van der Waals surface area contributed by atoms with Crippen LogP contribution in [0.5, 0.6) is 0 Å². The summed E-state index contributed by atoms with van der Waals surface area (Å²) in [5.74, 6) is 0.529. The van der Waals surface area contributed by atoms with Crippen molar-refractivity contribution in [2.24, 2.45) is 5.92 Å². The number of rotatable bonds is 8. The number of hydrogen-bond donors (Lipinski definition) is 3. The van der Waals surface area contributed by atoms with Gasteiger partial charge in [-0.3, -0.25) is 4.79 Å². The molecular formula is C18H29N3O3S. The number of piperidine rings is 1. The molecule has 6 nitrogen and oxygen atoms in total. The first-order valence-electron chi connectivity index (χ1n) is 9.03. The molecule has 7 heteroatoms. The van der Waals surface area contributed by atoms with Crippen molar-refractivity contribution in [1.29, 1.82) is 0 Å². The summed E-state index contributed by atoms with van der Waals surface area (Å²) < 4.78 is 27.3. The van der Waals surface area contributed by atoms with Crippen LogP contribution in [0.3, 0.4) is 0 Å². The Morgan fingerprint density at radius 1 is 1.32 bits per heavy atom. The van der Waals surface area contributed by atoms with E-state index in [1.165, 1.54) is 12.1 Å². The molecule has 1 amide bonds. The van der Waals surface area contributed by atoms with Crippen LogP contribution in [0.1, 0.15) is 46.0 Å². The summed E-state index contributed by atoms with van der Waals surface area (Å²) in [4.78, 5) is 12.3. The van der Waals surface area contributed by atoms with Crippen molar-refractivity contribution in [2.45, 2.75) is 56.9 Å². The Balaban J connectivity index is 1.92. The minimum absolute atomic E-state index is 0.0667. The molecule has 1 atom stereocenters. The third kappa shape index (κ3) is 6.41. The molecule has 1 unspecified atom stereocenters. The van der Waals surface area contributed by atoms with Crippen molar-refractivity contribution in [2.75, 3.05) is 18.4 Å². The van der Waals surface area contributed by atoms with E-state index in [1.54, 1.807) is 12.1 Å². The molecule has 0 spiro atoms. The summed E-state index contributed by atoms with van der Waals surface area (Å²) in [6.45, 7) is 5.79. The summed E-state index contributed by atoms with van der Waals surface area (Å²) in [7, 11) is -3.57. The molecule has 0 radical (unpaired) electrons. The molecule has 1 aromatic rings. The number of carbonyl (C=O) groups excluding carboxylic acids is 1. The molecule has 25 heavy (non-hydrogen) atoms. The van der Waals surface area contributed by atoms with Crippen LogP contribution < -0.4 is 15.4 Å². The molecule has 0 saturated carbocycles. The van der Waals surface area contributed by atoms with Gasteiger partial charge in [-0.2, -0.15) is 0 Å².